The summed E-state index contributed by atoms with van der Waals surface area (Å²) in [5.74, 6) is 0. The normalized spacial score (nSPS) is 12.6. The molecule has 28 heavy (non-hydrogen) atoms. The lowest BCUT2D eigenvalue weighted by atomic mass is 9.81. The van der Waals surface area contributed by atoms with E-state index in [0.717, 1.165) is 0 Å². The van der Waals surface area contributed by atoms with Gasteiger partial charge in [-0.2, -0.15) is 0 Å². The van der Waals surface area contributed by atoms with Gasteiger partial charge in [-0.3, -0.25) is 0 Å². The molecule has 0 heterocycles. The van der Waals surface area contributed by atoms with Gasteiger partial charge >= 0.3 is 0 Å². The number of hydrogen-bond donors (Lipinski definition) is 0. The summed E-state index contributed by atoms with van der Waals surface area (Å²) < 4.78 is 0. The van der Waals surface area contributed by atoms with Gasteiger partial charge in [-0.1, -0.05) is 81.4 Å². The van der Waals surface area contributed by atoms with Crippen molar-refractivity contribution >= 4 is 16.5 Å². The molecule has 0 saturated carbocycles. The topological polar surface area (TPSA) is 3.24 Å². The first-order valence-corrected chi connectivity index (χ1v) is 10.4. The van der Waals surface area contributed by atoms with Gasteiger partial charge in [0.15, 0.2) is 0 Å². The van der Waals surface area contributed by atoms with Gasteiger partial charge in [0.1, 0.15) is 0 Å². The summed E-state index contributed by atoms with van der Waals surface area (Å²) in [5, 5.41) is 2.61. The van der Waals surface area contributed by atoms with Crippen molar-refractivity contribution < 1.29 is 0 Å². The van der Waals surface area contributed by atoms with E-state index in [9.17, 15) is 0 Å². The number of anilines is 1. The number of benzene rings is 3. The van der Waals surface area contributed by atoms with Gasteiger partial charge in [0.25, 0.3) is 0 Å². The summed E-state index contributed by atoms with van der Waals surface area (Å²) >= 11 is 0. The molecule has 0 fully saturated rings. The molecule has 0 amide bonds. The Balaban J connectivity index is 2.43. The maximum Gasteiger partial charge on any atom is 0.0490 e. The summed E-state index contributed by atoms with van der Waals surface area (Å²) in [6.07, 6.45) is 0. The molecule has 1 heteroatoms. The fourth-order valence-corrected chi connectivity index (χ4v) is 4.45. The van der Waals surface area contributed by atoms with Crippen LogP contribution in [0.1, 0.15) is 61.0 Å². The van der Waals surface area contributed by atoms with Gasteiger partial charge < -0.3 is 4.90 Å². The van der Waals surface area contributed by atoms with Gasteiger partial charge in [-0.05, 0) is 61.9 Å². The van der Waals surface area contributed by atoms with E-state index in [-0.39, 0.29) is 11.0 Å². The summed E-state index contributed by atoms with van der Waals surface area (Å²) in [7, 11) is 0. The van der Waals surface area contributed by atoms with Crippen LogP contribution in [0.4, 0.5) is 5.69 Å². The summed E-state index contributed by atoms with van der Waals surface area (Å²) in [4.78, 5) is 2.60. The molecule has 0 spiro atoms. The molecule has 0 saturated heterocycles. The molecular formula is C27H35N. The first kappa shape index (κ1) is 20.5. The van der Waals surface area contributed by atoms with E-state index >= 15 is 0 Å². The Morgan fingerprint density at radius 3 is 1.86 bits per heavy atom. The lowest BCUT2D eigenvalue weighted by molar-refractivity contribution is 0.459. The Morgan fingerprint density at radius 1 is 0.679 bits per heavy atom. The van der Waals surface area contributed by atoms with E-state index in [1.807, 2.05) is 0 Å². The molecule has 148 valence electrons. The Kier molecular flexibility index (Phi) is 5.32. The average molecular weight is 374 g/mol. The molecule has 1 nitrogen and oxygen atoms in total. The fraction of sp³-hybridized carbons (Fsp3) is 0.407. The van der Waals surface area contributed by atoms with Crippen molar-refractivity contribution in [1.82, 2.24) is 0 Å². The van der Waals surface area contributed by atoms with Crippen molar-refractivity contribution in [3.8, 4) is 11.1 Å². The molecule has 0 atom stereocenters. The van der Waals surface area contributed by atoms with E-state index in [4.69, 9.17) is 0 Å². The summed E-state index contributed by atoms with van der Waals surface area (Å²) in [6.45, 7) is 18.5. The van der Waals surface area contributed by atoms with E-state index in [1.165, 1.54) is 33.2 Å². The van der Waals surface area contributed by atoms with E-state index < -0.39 is 0 Å². The van der Waals surface area contributed by atoms with Gasteiger partial charge in [0.2, 0.25) is 0 Å². The smallest absolute Gasteiger partial charge is 0.0490 e. The van der Waals surface area contributed by atoms with Crippen LogP contribution in [-0.4, -0.2) is 11.6 Å². The van der Waals surface area contributed by atoms with Crippen LogP contribution in [0.3, 0.4) is 0 Å². The number of rotatable bonds is 3. The first-order chi connectivity index (χ1) is 13.0. The van der Waals surface area contributed by atoms with Crippen molar-refractivity contribution in [2.45, 2.75) is 72.4 Å². The molecule has 0 N–H and O–H groups in total. The predicted molar refractivity (Wildman–Crippen MR) is 125 cm³/mol. The molecular weight excluding hydrogens is 338 g/mol. The van der Waals surface area contributed by atoms with E-state index in [1.54, 1.807) is 0 Å². The molecule has 3 aromatic carbocycles. The highest BCUT2D eigenvalue weighted by Crippen LogP contribution is 2.44. The number of para-hydroxylation sites is 1. The average Bonchev–Trinajstić information content (AvgIpc) is 2.59. The minimum Gasteiger partial charge on any atom is -0.364 e. The zero-order valence-corrected chi connectivity index (χ0v) is 18.8. The molecule has 0 aromatic heterocycles. The second-order valence-electron chi connectivity index (χ2n) is 10.1. The van der Waals surface area contributed by atoms with E-state index in [0.29, 0.717) is 6.04 Å². The maximum absolute atomic E-state index is 2.60. The zero-order valence-electron chi connectivity index (χ0n) is 18.8. The highest BCUT2D eigenvalue weighted by atomic mass is 15.2. The van der Waals surface area contributed by atoms with Crippen LogP contribution in [0.25, 0.3) is 21.9 Å². The molecule has 3 aromatic rings. The Hall–Kier alpha value is -2.28. The molecule has 0 aliphatic heterocycles. The standard InChI is InChI=1S/C27H35N/c1-19(2)28(27(6,7)8)25-23(17-12-18-24(25)26(3,4)5)22-16-11-14-20-13-9-10-15-21(20)22/h9-19H,1-8H3. The molecule has 3 rings (SSSR count). The minimum atomic E-state index is 0.0227. The monoisotopic (exact) mass is 373 g/mol. The predicted octanol–water partition coefficient (Wildman–Crippen LogP) is 7.82. The quantitative estimate of drug-likeness (QED) is 0.452. The lowest BCUT2D eigenvalue weighted by Crippen LogP contribution is -2.47. The molecule has 0 unspecified atom stereocenters. The zero-order chi connectivity index (χ0) is 20.7. The maximum atomic E-state index is 2.60. The summed E-state index contributed by atoms with van der Waals surface area (Å²) in [6, 6.07) is 22.6. The Labute approximate surface area is 171 Å². The second kappa shape index (κ2) is 7.28. The van der Waals surface area contributed by atoms with Crippen LogP contribution >= 0.6 is 0 Å². The highest BCUT2D eigenvalue weighted by molar-refractivity contribution is 6.00. The van der Waals surface area contributed by atoms with Crippen LogP contribution in [0.2, 0.25) is 0 Å². The van der Waals surface area contributed by atoms with Crippen molar-refractivity contribution in [3.63, 3.8) is 0 Å². The molecule has 0 radical (unpaired) electrons. The van der Waals surface area contributed by atoms with Gasteiger partial charge in [-0.25, -0.2) is 0 Å². The van der Waals surface area contributed by atoms with Crippen LogP contribution < -0.4 is 4.90 Å². The largest absolute Gasteiger partial charge is 0.364 e. The van der Waals surface area contributed by atoms with Crippen molar-refractivity contribution in [2.24, 2.45) is 0 Å². The number of hydrogen-bond acceptors (Lipinski definition) is 1. The van der Waals surface area contributed by atoms with Crippen LogP contribution in [0.15, 0.2) is 60.7 Å². The van der Waals surface area contributed by atoms with Gasteiger partial charge in [0.05, 0.1) is 0 Å². The molecule has 0 bridgehead atoms. The van der Waals surface area contributed by atoms with Crippen LogP contribution in [0, 0.1) is 0 Å². The fourth-order valence-electron chi connectivity index (χ4n) is 4.45. The van der Waals surface area contributed by atoms with Crippen molar-refractivity contribution in [3.05, 3.63) is 66.2 Å². The first-order valence-electron chi connectivity index (χ1n) is 10.4. The third kappa shape index (κ3) is 3.81. The second-order valence-corrected chi connectivity index (χ2v) is 10.1. The lowest BCUT2D eigenvalue weighted by Gasteiger charge is -2.45. The molecule has 0 aliphatic carbocycles. The highest BCUT2D eigenvalue weighted by Gasteiger charge is 2.32. The number of nitrogens with zero attached hydrogens (tertiary/aromatic N) is 1. The van der Waals surface area contributed by atoms with Crippen molar-refractivity contribution in [1.29, 1.82) is 0 Å². The Morgan fingerprint density at radius 2 is 1.25 bits per heavy atom. The number of fused-ring (bicyclic) bond motifs is 1. The van der Waals surface area contributed by atoms with Gasteiger partial charge in [0, 0.05) is 22.8 Å². The molecule has 0 aliphatic rings. The third-order valence-corrected chi connectivity index (χ3v) is 5.40. The van der Waals surface area contributed by atoms with Crippen LogP contribution in [0.5, 0.6) is 0 Å². The van der Waals surface area contributed by atoms with Crippen LogP contribution in [-0.2, 0) is 5.41 Å². The van der Waals surface area contributed by atoms with Crippen molar-refractivity contribution in [2.75, 3.05) is 4.90 Å². The SMILES string of the molecule is CC(C)N(c1c(-c2cccc3ccccc23)cccc1C(C)(C)C)C(C)(C)C. The summed E-state index contributed by atoms with van der Waals surface area (Å²) in [5.41, 5.74) is 5.50. The van der Waals surface area contributed by atoms with Gasteiger partial charge in [-0.15, -0.1) is 0 Å². The third-order valence-electron chi connectivity index (χ3n) is 5.40. The Bertz CT molecular complexity index is 962. The van der Waals surface area contributed by atoms with E-state index in [2.05, 4.69) is 121 Å². The minimum absolute atomic E-state index is 0.0227.